The summed E-state index contributed by atoms with van der Waals surface area (Å²) in [5.74, 6) is -0.0828. The van der Waals surface area contributed by atoms with Crippen LogP contribution in [0, 0.1) is 11.8 Å². The van der Waals surface area contributed by atoms with Crippen molar-refractivity contribution in [1.82, 2.24) is 5.32 Å². The largest absolute Gasteiger partial charge is 0.481 e. The fraction of sp³-hybridized carbons (Fsp3) is 0.833. The number of hydrogen-bond donors (Lipinski definition) is 2. The summed E-state index contributed by atoms with van der Waals surface area (Å²) in [4.78, 5) is 22.0. The molecule has 4 heteroatoms. The maximum atomic E-state index is 11.6. The minimum Gasteiger partial charge on any atom is -0.481 e. The van der Waals surface area contributed by atoms with Gasteiger partial charge >= 0.3 is 5.97 Å². The predicted molar refractivity (Wildman–Crippen MR) is 63.1 cm³/mol. The summed E-state index contributed by atoms with van der Waals surface area (Å²) in [7, 11) is 0. The molecule has 0 aliphatic heterocycles. The van der Waals surface area contributed by atoms with E-state index < -0.39 is 5.97 Å². The molecule has 1 amide bonds. The van der Waals surface area contributed by atoms with E-state index in [0.29, 0.717) is 18.3 Å². The third-order valence-electron chi connectivity index (χ3n) is 2.80. The molecule has 16 heavy (non-hydrogen) atoms. The highest BCUT2D eigenvalue weighted by atomic mass is 16.4. The minimum absolute atomic E-state index is 0.0236. The van der Waals surface area contributed by atoms with Gasteiger partial charge in [0, 0.05) is 12.5 Å². The van der Waals surface area contributed by atoms with Gasteiger partial charge in [-0.1, -0.05) is 27.2 Å². The van der Waals surface area contributed by atoms with E-state index in [1.54, 1.807) is 6.92 Å². The summed E-state index contributed by atoms with van der Waals surface area (Å²) < 4.78 is 0. The Hall–Kier alpha value is -1.06. The maximum Gasteiger partial charge on any atom is 0.305 e. The fourth-order valence-electron chi connectivity index (χ4n) is 1.74. The van der Waals surface area contributed by atoms with E-state index in [0.717, 1.165) is 6.42 Å². The first-order valence-corrected chi connectivity index (χ1v) is 5.87. The summed E-state index contributed by atoms with van der Waals surface area (Å²) in [5, 5.41) is 11.3. The van der Waals surface area contributed by atoms with Crippen LogP contribution in [-0.2, 0) is 9.59 Å². The number of carboxylic acids is 1. The molecule has 2 atom stereocenters. The average molecular weight is 229 g/mol. The highest BCUT2D eigenvalue weighted by Crippen LogP contribution is 2.18. The van der Waals surface area contributed by atoms with Gasteiger partial charge in [-0.2, -0.15) is 0 Å². The van der Waals surface area contributed by atoms with Crippen molar-refractivity contribution in [3.05, 3.63) is 0 Å². The van der Waals surface area contributed by atoms with E-state index in [2.05, 4.69) is 26.1 Å². The van der Waals surface area contributed by atoms with Gasteiger partial charge in [-0.15, -0.1) is 0 Å². The van der Waals surface area contributed by atoms with Crippen molar-refractivity contribution in [2.24, 2.45) is 11.8 Å². The summed E-state index contributed by atoms with van der Waals surface area (Å²) in [6, 6.07) is -0.297. The van der Waals surface area contributed by atoms with Crippen LogP contribution in [0.5, 0.6) is 0 Å². The molecule has 0 heterocycles. The lowest BCUT2D eigenvalue weighted by Crippen LogP contribution is -2.35. The zero-order valence-corrected chi connectivity index (χ0v) is 10.6. The van der Waals surface area contributed by atoms with E-state index in [-0.39, 0.29) is 18.4 Å². The molecule has 0 rings (SSSR count). The molecule has 0 bridgehead atoms. The highest BCUT2D eigenvalue weighted by molar-refractivity contribution is 5.77. The van der Waals surface area contributed by atoms with Crippen molar-refractivity contribution < 1.29 is 14.7 Å². The molecule has 0 aliphatic carbocycles. The number of nitrogens with one attached hydrogen (secondary N) is 1. The first kappa shape index (κ1) is 14.9. The standard InChI is InChI=1S/C12H23NO3/c1-5-10(8(2)3)7-11(14)13-9(4)6-12(15)16/h8-10H,5-7H2,1-4H3,(H,13,14)(H,15,16). The van der Waals surface area contributed by atoms with Crippen molar-refractivity contribution in [3.63, 3.8) is 0 Å². The molecule has 0 saturated heterocycles. The Kier molecular flexibility index (Phi) is 6.77. The van der Waals surface area contributed by atoms with E-state index in [1.165, 1.54) is 0 Å². The van der Waals surface area contributed by atoms with Crippen molar-refractivity contribution in [2.75, 3.05) is 0 Å². The molecule has 2 unspecified atom stereocenters. The van der Waals surface area contributed by atoms with Gasteiger partial charge in [0.1, 0.15) is 0 Å². The summed E-state index contributed by atoms with van der Waals surface area (Å²) in [6.45, 7) is 7.98. The number of rotatable bonds is 7. The summed E-state index contributed by atoms with van der Waals surface area (Å²) >= 11 is 0. The highest BCUT2D eigenvalue weighted by Gasteiger charge is 2.17. The minimum atomic E-state index is -0.885. The van der Waals surface area contributed by atoms with Gasteiger partial charge in [0.05, 0.1) is 6.42 Å². The Bertz CT molecular complexity index is 238. The Morgan fingerprint density at radius 3 is 2.12 bits per heavy atom. The smallest absolute Gasteiger partial charge is 0.305 e. The number of carbonyl (C=O) groups is 2. The fourth-order valence-corrected chi connectivity index (χ4v) is 1.74. The molecule has 0 radical (unpaired) electrons. The van der Waals surface area contributed by atoms with Gasteiger partial charge in [-0.25, -0.2) is 0 Å². The van der Waals surface area contributed by atoms with E-state index in [1.807, 2.05) is 0 Å². The number of aliphatic carboxylic acids is 1. The molecule has 0 aromatic carbocycles. The average Bonchev–Trinajstić information content (AvgIpc) is 2.11. The van der Waals surface area contributed by atoms with Crippen LogP contribution < -0.4 is 5.32 Å². The summed E-state index contributed by atoms with van der Waals surface area (Å²) in [5.41, 5.74) is 0. The monoisotopic (exact) mass is 229 g/mol. The molecule has 0 spiro atoms. The van der Waals surface area contributed by atoms with Crippen LogP contribution in [-0.4, -0.2) is 23.0 Å². The zero-order chi connectivity index (χ0) is 12.7. The zero-order valence-electron chi connectivity index (χ0n) is 10.6. The van der Waals surface area contributed by atoms with E-state index in [4.69, 9.17) is 5.11 Å². The quantitative estimate of drug-likeness (QED) is 0.702. The first-order valence-electron chi connectivity index (χ1n) is 5.87. The van der Waals surface area contributed by atoms with Gasteiger partial charge in [0.2, 0.25) is 5.91 Å². The van der Waals surface area contributed by atoms with Crippen LogP contribution in [0.1, 0.15) is 47.0 Å². The molecular weight excluding hydrogens is 206 g/mol. The predicted octanol–water partition coefficient (Wildman–Crippen LogP) is 2.04. The molecule has 4 nitrogen and oxygen atoms in total. The SMILES string of the molecule is CCC(CC(=O)NC(C)CC(=O)O)C(C)C. The Morgan fingerprint density at radius 1 is 1.19 bits per heavy atom. The first-order chi connectivity index (χ1) is 7.36. The Morgan fingerprint density at radius 2 is 1.75 bits per heavy atom. The second kappa shape index (κ2) is 7.25. The van der Waals surface area contributed by atoms with E-state index >= 15 is 0 Å². The topological polar surface area (TPSA) is 66.4 Å². The third kappa shape index (κ3) is 6.43. The van der Waals surface area contributed by atoms with Gasteiger partial charge in [0.25, 0.3) is 0 Å². The van der Waals surface area contributed by atoms with Crippen LogP contribution >= 0.6 is 0 Å². The van der Waals surface area contributed by atoms with Crippen LogP contribution in [0.4, 0.5) is 0 Å². The second-order valence-corrected chi connectivity index (χ2v) is 4.68. The third-order valence-corrected chi connectivity index (χ3v) is 2.80. The molecule has 94 valence electrons. The molecule has 0 fully saturated rings. The van der Waals surface area contributed by atoms with Crippen LogP contribution in [0.25, 0.3) is 0 Å². The number of hydrogen-bond acceptors (Lipinski definition) is 2. The number of carboxylic acid groups (broad SMARTS) is 1. The van der Waals surface area contributed by atoms with Crippen molar-refractivity contribution in [3.8, 4) is 0 Å². The molecule has 0 aromatic heterocycles. The maximum absolute atomic E-state index is 11.6. The molecule has 0 aliphatic rings. The van der Waals surface area contributed by atoms with Gasteiger partial charge < -0.3 is 10.4 Å². The van der Waals surface area contributed by atoms with Crippen molar-refractivity contribution in [2.45, 2.75) is 53.0 Å². The summed E-state index contributed by atoms with van der Waals surface area (Å²) in [6.07, 6.45) is 1.43. The lowest BCUT2D eigenvalue weighted by atomic mass is 9.90. The van der Waals surface area contributed by atoms with Crippen LogP contribution in [0.2, 0.25) is 0 Å². The normalized spacial score (nSPS) is 14.6. The van der Waals surface area contributed by atoms with Crippen molar-refractivity contribution >= 4 is 11.9 Å². The number of amides is 1. The second-order valence-electron chi connectivity index (χ2n) is 4.68. The van der Waals surface area contributed by atoms with E-state index in [9.17, 15) is 9.59 Å². The molecular formula is C12H23NO3. The lowest BCUT2D eigenvalue weighted by Gasteiger charge is -2.19. The molecule has 2 N–H and O–H groups in total. The Labute approximate surface area is 97.4 Å². The van der Waals surface area contributed by atoms with Crippen LogP contribution in [0.3, 0.4) is 0 Å². The van der Waals surface area contributed by atoms with Crippen LogP contribution in [0.15, 0.2) is 0 Å². The number of carbonyl (C=O) groups excluding carboxylic acids is 1. The van der Waals surface area contributed by atoms with Gasteiger partial charge in [-0.05, 0) is 18.8 Å². The Balaban J connectivity index is 4.01. The van der Waals surface area contributed by atoms with Gasteiger partial charge in [-0.3, -0.25) is 9.59 Å². The van der Waals surface area contributed by atoms with Crippen molar-refractivity contribution in [1.29, 1.82) is 0 Å². The lowest BCUT2D eigenvalue weighted by molar-refractivity contribution is -0.137. The molecule has 0 aromatic rings. The molecule has 0 saturated carbocycles. The van der Waals surface area contributed by atoms with Gasteiger partial charge in [0.15, 0.2) is 0 Å².